The Morgan fingerprint density at radius 2 is 1.73 bits per heavy atom. The zero-order chi connectivity index (χ0) is 17.9. The molecule has 0 atom stereocenters. The Bertz CT molecular complexity index is 1050. The van der Waals surface area contributed by atoms with E-state index in [-0.39, 0.29) is 0 Å². The van der Waals surface area contributed by atoms with E-state index in [9.17, 15) is 4.79 Å². The number of benzene rings is 2. The zero-order valence-corrected chi connectivity index (χ0v) is 14.6. The van der Waals surface area contributed by atoms with Gasteiger partial charge in [-0.3, -0.25) is 4.79 Å². The van der Waals surface area contributed by atoms with Crippen molar-refractivity contribution in [3.8, 4) is 16.9 Å². The molecule has 0 aliphatic carbocycles. The molecule has 0 saturated heterocycles. The maximum atomic E-state index is 11.7. The lowest BCUT2D eigenvalue weighted by molar-refractivity contribution is 0.111. The Labute approximate surface area is 152 Å². The van der Waals surface area contributed by atoms with E-state index < -0.39 is 0 Å². The van der Waals surface area contributed by atoms with Crippen LogP contribution in [-0.4, -0.2) is 10.7 Å². The van der Waals surface area contributed by atoms with Gasteiger partial charge in [-0.25, -0.2) is 0 Å². The van der Waals surface area contributed by atoms with Crippen molar-refractivity contribution < 1.29 is 9.53 Å². The van der Waals surface area contributed by atoms with Crippen LogP contribution in [-0.2, 0) is 6.61 Å². The normalized spacial score (nSPS) is 10.8. The van der Waals surface area contributed by atoms with E-state index >= 15 is 0 Å². The number of aldehydes is 1. The van der Waals surface area contributed by atoms with Crippen molar-refractivity contribution >= 4 is 11.8 Å². The van der Waals surface area contributed by atoms with Gasteiger partial charge in [0, 0.05) is 17.3 Å². The van der Waals surface area contributed by atoms with Gasteiger partial charge in [0.1, 0.15) is 12.4 Å². The molecule has 3 heteroatoms. The average Bonchev–Trinajstić information content (AvgIpc) is 3.05. The largest absolute Gasteiger partial charge is 0.489 e. The van der Waals surface area contributed by atoms with Gasteiger partial charge in [0.25, 0.3) is 0 Å². The molecule has 2 aromatic carbocycles. The van der Waals surface area contributed by atoms with E-state index in [0.29, 0.717) is 12.3 Å². The molecule has 0 amide bonds. The lowest BCUT2D eigenvalue weighted by atomic mass is 10.1. The number of hydrogen-bond acceptors (Lipinski definition) is 2. The minimum Gasteiger partial charge on any atom is -0.489 e. The lowest BCUT2D eigenvalue weighted by Gasteiger charge is -2.07. The highest BCUT2D eigenvalue weighted by molar-refractivity contribution is 5.90. The standard InChI is InChI=1S/C23H19NO2/c1-17-7-10-20-13-22(23(15-25)24(20)14-17)19-8-11-21(12-9-19)26-16-18-5-3-2-4-6-18/h2-15H,16H2,1H3. The number of pyridine rings is 1. The van der Waals surface area contributed by atoms with E-state index in [4.69, 9.17) is 4.74 Å². The van der Waals surface area contributed by atoms with Gasteiger partial charge < -0.3 is 9.14 Å². The third kappa shape index (κ3) is 3.11. The van der Waals surface area contributed by atoms with Gasteiger partial charge in [0.2, 0.25) is 0 Å². The Morgan fingerprint density at radius 1 is 0.962 bits per heavy atom. The average molecular weight is 341 g/mol. The first-order valence-electron chi connectivity index (χ1n) is 8.58. The van der Waals surface area contributed by atoms with Crippen LogP contribution in [0.25, 0.3) is 16.6 Å². The van der Waals surface area contributed by atoms with Crippen molar-refractivity contribution in [3.63, 3.8) is 0 Å². The molecule has 0 bridgehead atoms. The van der Waals surface area contributed by atoms with Crippen LogP contribution in [0.3, 0.4) is 0 Å². The third-order valence-corrected chi connectivity index (χ3v) is 4.48. The second kappa shape index (κ2) is 6.89. The minimum absolute atomic E-state index is 0.537. The topological polar surface area (TPSA) is 30.7 Å². The summed E-state index contributed by atoms with van der Waals surface area (Å²) in [6.45, 7) is 2.56. The molecule has 2 heterocycles. The molecule has 0 saturated carbocycles. The van der Waals surface area contributed by atoms with Crippen molar-refractivity contribution in [2.75, 3.05) is 0 Å². The highest BCUT2D eigenvalue weighted by Crippen LogP contribution is 2.29. The van der Waals surface area contributed by atoms with Gasteiger partial charge in [0.05, 0.1) is 5.69 Å². The van der Waals surface area contributed by atoms with Gasteiger partial charge in [-0.15, -0.1) is 0 Å². The first kappa shape index (κ1) is 16.2. The summed E-state index contributed by atoms with van der Waals surface area (Å²) in [6.07, 6.45) is 2.90. The fourth-order valence-corrected chi connectivity index (χ4v) is 3.12. The molecule has 4 rings (SSSR count). The number of ether oxygens (including phenoxy) is 1. The second-order valence-electron chi connectivity index (χ2n) is 6.36. The molecule has 2 aromatic heterocycles. The summed E-state index contributed by atoms with van der Waals surface area (Å²) in [5.41, 5.74) is 5.86. The monoisotopic (exact) mass is 341 g/mol. The maximum Gasteiger partial charge on any atom is 0.167 e. The van der Waals surface area contributed by atoms with Gasteiger partial charge in [-0.05, 0) is 47.9 Å². The number of carbonyl (C=O) groups is 1. The van der Waals surface area contributed by atoms with Crippen molar-refractivity contribution in [2.45, 2.75) is 13.5 Å². The SMILES string of the molecule is Cc1ccc2cc(-c3ccc(OCc4ccccc4)cc3)c(C=O)n2c1. The minimum atomic E-state index is 0.537. The lowest BCUT2D eigenvalue weighted by Crippen LogP contribution is -1.95. The molecule has 0 spiro atoms. The van der Waals surface area contributed by atoms with Crippen molar-refractivity contribution in [1.29, 1.82) is 0 Å². The molecule has 0 radical (unpaired) electrons. The van der Waals surface area contributed by atoms with Crippen LogP contribution in [0.1, 0.15) is 21.6 Å². The Hall–Kier alpha value is -3.33. The number of nitrogens with zero attached hydrogens (tertiary/aromatic N) is 1. The fourth-order valence-electron chi connectivity index (χ4n) is 3.12. The quantitative estimate of drug-likeness (QED) is 0.461. The van der Waals surface area contributed by atoms with Gasteiger partial charge >= 0.3 is 0 Å². The van der Waals surface area contributed by atoms with Crippen LogP contribution in [0.4, 0.5) is 0 Å². The number of hydrogen-bond donors (Lipinski definition) is 0. The summed E-state index contributed by atoms with van der Waals surface area (Å²) in [5.74, 6) is 0.810. The van der Waals surface area contributed by atoms with Crippen LogP contribution in [0, 0.1) is 6.92 Å². The Morgan fingerprint density at radius 3 is 2.46 bits per heavy atom. The summed E-state index contributed by atoms with van der Waals surface area (Å²) < 4.78 is 7.78. The van der Waals surface area contributed by atoms with Crippen LogP contribution < -0.4 is 4.74 Å². The van der Waals surface area contributed by atoms with Gasteiger partial charge in [-0.2, -0.15) is 0 Å². The van der Waals surface area contributed by atoms with Gasteiger partial charge in [-0.1, -0.05) is 48.5 Å². The maximum absolute atomic E-state index is 11.7. The van der Waals surface area contributed by atoms with Crippen LogP contribution >= 0.6 is 0 Å². The van der Waals surface area contributed by atoms with E-state index in [1.807, 2.05) is 90.3 Å². The smallest absolute Gasteiger partial charge is 0.167 e. The molecule has 128 valence electrons. The van der Waals surface area contributed by atoms with E-state index in [1.54, 1.807) is 0 Å². The molecule has 26 heavy (non-hydrogen) atoms. The Balaban J connectivity index is 1.60. The van der Waals surface area contributed by atoms with Crippen molar-refractivity contribution in [3.05, 3.63) is 95.8 Å². The molecule has 0 unspecified atom stereocenters. The van der Waals surface area contributed by atoms with E-state index in [1.165, 1.54) is 0 Å². The van der Waals surface area contributed by atoms with E-state index in [0.717, 1.165) is 39.8 Å². The first-order chi connectivity index (χ1) is 12.7. The third-order valence-electron chi connectivity index (χ3n) is 4.48. The summed E-state index contributed by atoms with van der Waals surface area (Å²) in [4.78, 5) is 11.7. The Kier molecular flexibility index (Phi) is 4.28. The summed E-state index contributed by atoms with van der Waals surface area (Å²) in [5, 5.41) is 0. The second-order valence-corrected chi connectivity index (χ2v) is 6.36. The fraction of sp³-hybridized carbons (Fsp3) is 0.0870. The van der Waals surface area contributed by atoms with Crippen LogP contribution in [0.2, 0.25) is 0 Å². The predicted molar refractivity (Wildman–Crippen MR) is 104 cm³/mol. The molecular formula is C23H19NO2. The van der Waals surface area contributed by atoms with Crippen molar-refractivity contribution in [1.82, 2.24) is 4.40 Å². The number of fused-ring (bicyclic) bond motifs is 1. The van der Waals surface area contributed by atoms with Crippen molar-refractivity contribution in [2.24, 2.45) is 0 Å². The number of carbonyl (C=O) groups excluding carboxylic acids is 1. The number of aryl methyl sites for hydroxylation is 1. The van der Waals surface area contributed by atoms with Gasteiger partial charge in [0.15, 0.2) is 6.29 Å². The van der Waals surface area contributed by atoms with Crippen LogP contribution in [0.15, 0.2) is 79.0 Å². The molecule has 3 nitrogen and oxygen atoms in total. The molecule has 0 aliphatic heterocycles. The molecule has 4 aromatic rings. The first-order valence-corrected chi connectivity index (χ1v) is 8.58. The van der Waals surface area contributed by atoms with E-state index in [2.05, 4.69) is 0 Å². The van der Waals surface area contributed by atoms with Crippen LogP contribution in [0.5, 0.6) is 5.75 Å². The summed E-state index contributed by atoms with van der Waals surface area (Å²) in [6, 6.07) is 24.1. The summed E-state index contributed by atoms with van der Waals surface area (Å²) in [7, 11) is 0. The highest BCUT2D eigenvalue weighted by Gasteiger charge is 2.11. The highest BCUT2D eigenvalue weighted by atomic mass is 16.5. The molecule has 0 N–H and O–H groups in total. The number of rotatable bonds is 5. The molecule has 0 aliphatic rings. The molecule has 0 fully saturated rings. The zero-order valence-electron chi connectivity index (χ0n) is 14.6. The predicted octanol–water partition coefficient (Wildman–Crippen LogP) is 5.31. The number of aromatic nitrogens is 1. The molecular weight excluding hydrogens is 322 g/mol. The summed E-state index contributed by atoms with van der Waals surface area (Å²) >= 11 is 0.